The van der Waals surface area contributed by atoms with Crippen LogP contribution >= 0.6 is 0 Å². The Bertz CT molecular complexity index is 630. The third-order valence-electron chi connectivity index (χ3n) is 2.69. The number of nitrogens with zero attached hydrogens (tertiary/aromatic N) is 2. The molecule has 0 spiro atoms. The summed E-state index contributed by atoms with van der Waals surface area (Å²) >= 11 is 0. The van der Waals surface area contributed by atoms with Gasteiger partial charge in [-0.05, 0) is 12.1 Å². The number of para-hydroxylation sites is 1. The minimum Gasteiger partial charge on any atom is -0.383 e. The van der Waals surface area contributed by atoms with E-state index < -0.39 is 17.5 Å². The highest BCUT2D eigenvalue weighted by molar-refractivity contribution is 5.92. The van der Waals surface area contributed by atoms with Gasteiger partial charge >= 0.3 is 0 Å². The molecule has 2 rings (SSSR count). The Morgan fingerprint density at radius 2 is 1.95 bits per heavy atom. The molecule has 0 bridgehead atoms. The molecule has 116 valence electrons. The first-order valence-corrected chi connectivity index (χ1v) is 6.42. The molecule has 22 heavy (non-hydrogen) atoms. The van der Waals surface area contributed by atoms with Crippen LogP contribution in [0, 0.1) is 11.6 Å². The van der Waals surface area contributed by atoms with E-state index in [1.807, 2.05) is 0 Å². The van der Waals surface area contributed by atoms with E-state index in [0.29, 0.717) is 13.2 Å². The van der Waals surface area contributed by atoms with Crippen molar-refractivity contribution < 1.29 is 18.3 Å². The number of hydrogen-bond donors (Lipinski definition) is 2. The molecule has 8 heteroatoms. The third-order valence-corrected chi connectivity index (χ3v) is 2.69. The number of methoxy groups -OCH3 is 1. The molecule has 0 fully saturated rings. The lowest BCUT2D eigenvalue weighted by molar-refractivity contribution is 0.0932. The molecular weight excluding hydrogens is 294 g/mol. The quantitative estimate of drug-likeness (QED) is 0.797. The molecule has 0 aliphatic heterocycles. The molecule has 1 aromatic carbocycles. The number of rotatable bonds is 6. The average Bonchev–Trinajstić information content (AvgIpc) is 2.52. The number of carbonyl (C=O) groups is 1. The van der Waals surface area contributed by atoms with Crippen molar-refractivity contribution in [3.05, 3.63) is 47.9 Å². The summed E-state index contributed by atoms with van der Waals surface area (Å²) in [7, 11) is 1.52. The highest BCUT2D eigenvalue weighted by atomic mass is 19.1. The zero-order valence-electron chi connectivity index (χ0n) is 11.8. The molecule has 0 saturated heterocycles. The van der Waals surface area contributed by atoms with E-state index in [9.17, 15) is 13.6 Å². The number of nitrogens with one attached hydrogen (secondary N) is 2. The first kappa shape index (κ1) is 15.8. The molecule has 0 saturated carbocycles. The second-order valence-corrected chi connectivity index (χ2v) is 4.26. The van der Waals surface area contributed by atoms with Gasteiger partial charge < -0.3 is 15.4 Å². The second-order valence-electron chi connectivity index (χ2n) is 4.26. The number of halogens is 2. The zero-order chi connectivity index (χ0) is 15.9. The summed E-state index contributed by atoms with van der Waals surface area (Å²) in [6, 6.07) is 3.50. The standard InChI is InChI=1S/C14H14F2N4O2/c1-22-6-5-17-14(21)11-7-19-12(8-18-11)20-13-9(15)3-2-4-10(13)16/h2-4,7-8H,5-6H2,1H3,(H,17,21)(H,19,20). The van der Waals surface area contributed by atoms with Crippen LogP contribution in [0.15, 0.2) is 30.6 Å². The summed E-state index contributed by atoms with van der Waals surface area (Å²) in [6.45, 7) is 0.725. The first-order chi connectivity index (χ1) is 10.6. The predicted octanol–water partition coefficient (Wildman–Crippen LogP) is 1.87. The third kappa shape index (κ3) is 3.95. The van der Waals surface area contributed by atoms with E-state index in [1.54, 1.807) is 0 Å². The summed E-state index contributed by atoms with van der Waals surface area (Å²) in [5.74, 6) is -1.78. The van der Waals surface area contributed by atoms with Gasteiger partial charge in [-0.2, -0.15) is 0 Å². The summed E-state index contributed by atoms with van der Waals surface area (Å²) in [6.07, 6.45) is 2.43. The number of aromatic nitrogens is 2. The van der Waals surface area contributed by atoms with Gasteiger partial charge in [-0.15, -0.1) is 0 Å². The van der Waals surface area contributed by atoms with Gasteiger partial charge in [0.15, 0.2) is 0 Å². The maximum Gasteiger partial charge on any atom is 0.271 e. The van der Waals surface area contributed by atoms with Gasteiger partial charge in [-0.25, -0.2) is 18.7 Å². The number of benzene rings is 1. The summed E-state index contributed by atoms with van der Waals surface area (Å²) in [5.41, 5.74) is -0.232. The molecule has 0 aliphatic carbocycles. The molecule has 2 N–H and O–H groups in total. The Kier molecular flexibility index (Phi) is 5.31. The van der Waals surface area contributed by atoms with Crippen molar-refractivity contribution in [2.24, 2.45) is 0 Å². The molecule has 0 atom stereocenters. The van der Waals surface area contributed by atoms with Gasteiger partial charge in [0.25, 0.3) is 5.91 Å². The summed E-state index contributed by atoms with van der Waals surface area (Å²) in [4.78, 5) is 19.5. The molecule has 0 unspecified atom stereocenters. The molecular formula is C14H14F2N4O2. The number of anilines is 2. The van der Waals surface area contributed by atoms with Gasteiger partial charge in [0.05, 0.1) is 19.0 Å². The molecule has 1 aromatic heterocycles. The van der Waals surface area contributed by atoms with Crippen molar-refractivity contribution in [3.63, 3.8) is 0 Å². The van der Waals surface area contributed by atoms with Crippen molar-refractivity contribution in [2.45, 2.75) is 0 Å². The van der Waals surface area contributed by atoms with Crippen LogP contribution in [0.5, 0.6) is 0 Å². The molecule has 0 aliphatic rings. The van der Waals surface area contributed by atoms with Crippen LogP contribution < -0.4 is 10.6 Å². The molecule has 0 radical (unpaired) electrons. The van der Waals surface area contributed by atoms with Gasteiger partial charge in [-0.1, -0.05) is 6.07 Å². The smallest absolute Gasteiger partial charge is 0.271 e. The van der Waals surface area contributed by atoms with E-state index in [4.69, 9.17) is 4.74 Å². The molecule has 1 amide bonds. The highest BCUT2D eigenvalue weighted by Crippen LogP contribution is 2.21. The minimum absolute atomic E-state index is 0.0932. The number of hydrogen-bond acceptors (Lipinski definition) is 5. The maximum absolute atomic E-state index is 13.5. The fourth-order valence-electron chi connectivity index (χ4n) is 1.61. The van der Waals surface area contributed by atoms with Crippen molar-refractivity contribution in [1.82, 2.24) is 15.3 Å². The van der Waals surface area contributed by atoms with Crippen molar-refractivity contribution in [2.75, 3.05) is 25.6 Å². The van der Waals surface area contributed by atoms with Crippen LogP contribution in [0.25, 0.3) is 0 Å². The monoisotopic (exact) mass is 308 g/mol. The normalized spacial score (nSPS) is 10.3. The van der Waals surface area contributed by atoms with Crippen LogP contribution in [0.4, 0.5) is 20.3 Å². The topological polar surface area (TPSA) is 76.1 Å². The number of carbonyl (C=O) groups excluding carboxylic acids is 1. The number of amides is 1. The van der Waals surface area contributed by atoms with Crippen LogP contribution in [-0.2, 0) is 4.74 Å². The zero-order valence-corrected chi connectivity index (χ0v) is 11.8. The van der Waals surface area contributed by atoms with Crippen molar-refractivity contribution in [3.8, 4) is 0 Å². The molecule has 1 heterocycles. The van der Waals surface area contributed by atoms with E-state index in [0.717, 1.165) is 12.1 Å². The summed E-state index contributed by atoms with van der Waals surface area (Å²) < 4.78 is 31.8. The Labute approximate surface area is 125 Å². The Hall–Kier alpha value is -2.61. The van der Waals surface area contributed by atoms with Gasteiger partial charge in [0, 0.05) is 13.7 Å². The molecule has 6 nitrogen and oxygen atoms in total. The lowest BCUT2D eigenvalue weighted by Gasteiger charge is -2.08. The fraction of sp³-hybridized carbons (Fsp3) is 0.214. The van der Waals surface area contributed by atoms with Crippen LogP contribution in [0.1, 0.15) is 10.5 Å². The lowest BCUT2D eigenvalue weighted by Crippen LogP contribution is -2.27. The second kappa shape index (κ2) is 7.41. The Balaban J connectivity index is 2.04. The molecule has 2 aromatic rings. The van der Waals surface area contributed by atoms with E-state index in [-0.39, 0.29) is 17.2 Å². The van der Waals surface area contributed by atoms with Crippen LogP contribution in [-0.4, -0.2) is 36.1 Å². The Morgan fingerprint density at radius 1 is 1.23 bits per heavy atom. The first-order valence-electron chi connectivity index (χ1n) is 6.42. The van der Waals surface area contributed by atoms with Crippen LogP contribution in [0.3, 0.4) is 0 Å². The Morgan fingerprint density at radius 3 is 2.55 bits per heavy atom. The van der Waals surface area contributed by atoms with Gasteiger partial charge in [-0.3, -0.25) is 4.79 Å². The SMILES string of the molecule is COCCNC(=O)c1cnc(Nc2c(F)cccc2F)cn1. The van der Waals surface area contributed by atoms with E-state index >= 15 is 0 Å². The van der Waals surface area contributed by atoms with E-state index in [1.165, 1.54) is 25.6 Å². The lowest BCUT2D eigenvalue weighted by atomic mass is 10.3. The van der Waals surface area contributed by atoms with Crippen molar-refractivity contribution in [1.29, 1.82) is 0 Å². The highest BCUT2D eigenvalue weighted by Gasteiger charge is 2.11. The summed E-state index contributed by atoms with van der Waals surface area (Å²) in [5, 5.41) is 5.06. The largest absolute Gasteiger partial charge is 0.383 e. The fourth-order valence-corrected chi connectivity index (χ4v) is 1.61. The predicted molar refractivity (Wildman–Crippen MR) is 75.9 cm³/mol. The van der Waals surface area contributed by atoms with E-state index in [2.05, 4.69) is 20.6 Å². The van der Waals surface area contributed by atoms with Gasteiger partial charge in [0.2, 0.25) is 0 Å². The average molecular weight is 308 g/mol. The number of ether oxygens (including phenoxy) is 1. The minimum atomic E-state index is -0.747. The maximum atomic E-state index is 13.5. The van der Waals surface area contributed by atoms with Gasteiger partial charge in [0.1, 0.15) is 28.8 Å². The van der Waals surface area contributed by atoms with Crippen LogP contribution in [0.2, 0.25) is 0 Å². The van der Waals surface area contributed by atoms with Crippen molar-refractivity contribution >= 4 is 17.4 Å².